The average Bonchev–Trinajstić information content (AvgIpc) is 2.66. The van der Waals surface area contributed by atoms with Crippen LogP contribution in [0.5, 0.6) is 0 Å². The summed E-state index contributed by atoms with van der Waals surface area (Å²) in [6.45, 7) is 0.832. The fraction of sp³-hybridized carbons (Fsp3) is 0.300. The first-order valence-electron chi connectivity index (χ1n) is 4.83. The van der Waals surface area contributed by atoms with Crippen molar-refractivity contribution >= 4 is 5.82 Å². The van der Waals surface area contributed by atoms with Gasteiger partial charge in [0.25, 0.3) is 0 Å². The van der Waals surface area contributed by atoms with E-state index in [0.29, 0.717) is 0 Å². The Hall–Kier alpha value is -1.91. The zero-order valence-corrected chi connectivity index (χ0v) is 8.59. The Kier molecular flexibility index (Phi) is 2.92. The lowest BCUT2D eigenvalue weighted by molar-refractivity contribution is 0.711. The van der Waals surface area contributed by atoms with Gasteiger partial charge < -0.3 is 5.32 Å². The van der Waals surface area contributed by atoms with E-state index in [2.05, 4.69) is 20.4 Å². The van der Waals surface area contributed by atoms with Gasteiger partial charge in [0.1, 0.15) is 5.82 Å². The van der Waals surface area contributed by atoms with Crippen LogP contribution in [0.2, 0.25) is 0 Å². The molecule has 0 fully saturated rings. The molecule has 0 radical (unpaired) electrons. The van der Waals surface area contributed by atoms with Crippen LogP contribution in [-0.2, 0) is 13.5 Å². The van der Waals surface area contributed by atoms with Gasteiger partial charge in [-0.25, -0.2) is 4.98 Å². The summed E-state index contributed by atoms with van der Waals surface area (Å²) in [5.74, 6) is 0.805. The van der Waals surface area contributed by atoms with E-state index in [9.17, 15) is 0 Å². The van der Waals surface area contributed by atoms with Crippen LogP contribution < -0.4 is 5.32 Å². The van der Waals surface area contributed by atoms with Gasteiger partial charge in [-0.05, 0) is 6.07 Å². The molecule has 0 atom stereocenters. The van der Waals surface area contributed by atoms with Gasteiger partial charge in [0.05, 0.1) is 6.20 Å². The minimum atomic E-state index is 0.805. The van der Waals surface area contributed by atoms with Crippen molar-refractivity contribution in [3.8, 4) is 0 Å². The van der Waals surface area contributed by atoms with E-state index in [1.165, 1.54) is 5.69 Å². The first kappa shape index (κ1) is 9.64. The SMILES string of the molecule is Cn1nccc1CCNc1cnccn1. The van der Waals surface area contributed by atoms with Crippen LogP contribution in [0.15, 0.2) is 30.9 Å². The first-order valence-corrected chi connectivity index (χ1v) is 4.83. The van der Waals surface area contributed by atoms with Crippen molar-refractivity contribution in [2.75, 3.05) is 11.9 Å². The molecular formula is C10H13N5. The predicted molar refractivity (Wildman–Crippen MR) is 57.4 cm³/mol. The Bertz CT molecular complexity index is 409. The molecular weight excluding hydrogens is 190 g/mol. The summed E-state index contributed by atoms with van der Waals surface area (Å²) in [5, 5.41) is 7.30. The maximum absolute atomic E-state index is 4.12. The summed E-state index contributed by atoms with van der Waals surface area (Å²) in [6, 6.07) is 2.01. The third kappa shape index (κ3) is 2.52. The second kappa shape index (κ2) is 4.54. The minimum absolute atomic E-state index is 0.805. The van der Waals surface area contributed by atoms with Crippen LogP contribution in [0.25, 0.3) is 0 Å². The Morgan fingerprint density at radius 3 is 2.93 bits per heavy atom. The summed E-state index contributed by atoms with van der Waals surface area (Å²) in [5.41, 5.74) is 1.20. The van der Waals surface area contributed by atoms with Crippen molar-refractivity contribution in [3.63, 3.8) is 0 Å². The van der Waals surface area contributed by atoms with Crippen LogP contribution in [0, 0.1) is 0 Å². The predicted octanol–water partition coefficient (Wildman–Crippen LogP) is 0.865. The molecule has 0 spiro atoms. The highest BCUT2D eigenvalue weighted by Gasteiger charge is 1.98. The summed E-state index contributed by atoms with van der Waals surface area (Å²) >= 11 is 0. The van der Waals surface area contributed by atoms with Crippen LogP contribution in [-0.4, -0.2) is 26.3 Å². The zero-order valence-electron chi connectivity index (χ0n) is 8.59. The summed E-state index contributed by atoms with van der Waals surface area (Å²) in [6.07, 6.45) is 7.77. The number of aryl methyl sites for hydroxylation is 1. The van der Waals surface area contributed by atoms with Gasteiger partial charge in [-0.3, -0.25) is 9.67 Å². The Balaban J connectivity index is 1.83. The molecule has 2 aromatic heterocycles. The molecule has 0 aliphatic heterocycles. The lowest BCUT2D eigenvalue weighted by Gasteiger charge is -2.04. The smallest absolute Gasteiger partial charge is 0.144 e. The first-order chi connectivity index (χ1) is 7.36. The number of nitrogens with zero attached hydrogens (tertiary/aromatic N) is 4. The van der Waals surface area contributed by atoms with E-state index >= 15 is 0 Å². The topological polar surface area (TPSA) is 55.6 Å². The zero-order chi connectivity index (χ0) is 10.5. The summed E-state index contributed by atoms with van der Waals surface area (Å²) in [7, 11) is 1.94. The molecule has 0 aromatic carbocycles. The van der Waals surface area contributed by atoms with Crippen molar-refractivity contribution in [2.45, 2.75) is 6.42 Å². The molecule has 5 nitrogen and oxygen atoms in total. The van der Waals surface area contributed by atoms with Gasteiger partial charge in [0, 0.05) is 44.3 Å². The highest BCUT2D eigenvalue weighted by Crippen LogP contribution is 2.00. The minimum Gasteiger partial charge on any atom is -0.368 e. The van der Waals surface area contributed by atoms with E-state index in [1.54, 1.807) is 24.8 Å². The second-order valence-corrected chi connectivity index (χ2v) is 3.21. The van der Waals surface area contributed by atoms with E-state index < -0.39 is 0 Å². The molecule has 0 amide bonds. The summed E-state index contributed by atoms with van der Waals surface area (Å²) in [4.78, 5) is 8.10. The quantitative estimate of drug-likeness (QED) is 0.801. The van der Waals surface area contributed by atoms with Gasteiger partial charge in [-0.1, -0.05) is 0 Å². The van der Waals surface area contributed by atoms with E-state index in [1.807, 2.05) is 17.8 Å². The van der Waals surface area contributed by atoms with Crippen molar-refractivity contribution in [1.82, 2.24) is 19.7 Å². The number of hydrogen-bond acceptors (Lipinski definition) is 4. The van der Waals surface area contributed by atoms with Gasteiger partial charge in [-0.15, -0.1) is 0 Å². The molecule has 0 bridgehead atoms. The highest BCUT2D eigenvalue weighted by atomic mass is 15.3. The molecule has 1 N–H and O–H groups in total. The molecule has 0 unspecified atom stereocenters. The fourth-order valence-electron chi connectivity index (χ4n) is 1.36. The number of anilines is 1. The Labute approximate surface area is 88.2 Å². The number of aromatic nitrogens is 4. The maximum atomic E-state index is 4.12. The molecule has 5 heteroatoms. The molecule has 2 aromatic rings. The van der Waals surface area contributed by atoms with Crippen LogP contribution in [0.3, 0.4) is 0 Å². The number of nitrogens with one attached hydrogen (secondary N) is 1. The third-order valence-corrected chi connectivity index (χ3v) is 2.17. The number of hydrogen-bond donors (Lipinski definition) is 1. The second-order valence-electron chi connectivity index (χ2n) is 3.21. The molecule has 2 heterocycles. The average molecular weight is 203 g/mol. The van der Waals surface area contributed by atoms with Gasteiger partial charge in [0.15, 0.2) is 0 Å². The Morgan fingerprint density at radius 1 is 1.33 bits per heavy atom. The highest BCUT2D eigenvalue weighted by molar-refractivity contribution is 5.29. The van der Waals surface area contributed by atoms with E-state index in [0.717, 1.165) is 18.8 Å². The largest absolute Gasteiger partial charge is 0.368 e. The monoisotopic (exact) mass is 203 g/mol. The van der Waals surface area contributed by atoms with Crippen molar-refractivity contribution < 1.29 is 0 Å². The summed E-state index contributed by atoms with van der Waals surface area (Å²) < 4.78 is 1.87. The van der Waals surface area contributed by atoms with E-state index in [-0.39, 0.29) is 0 Å². The molecule has 0 saturated heterocycles. The molecule has 0 saturated carbocycles. The third-order valence-electron chi connectivity index (χ3n) is 2.17. The van der Waals surface area contributed by atoms with Gasteiger partial charge >= 0.3 is 0 Å². The molecule has 78 valence electrons. The van der Waals surface area contributed by atoms with E-state index in [4.69, 9.17) is 0 Å². The van der Waals surface area contributed by atoms with Crippen LogP contribution >= 0.6 is 0 Å². The molecule has 15 heavy (non-hydrogen) atoms. The van der Waals surface area contributed by atoms with Crippen LogP contribution in [0.4, 0.5) is 5.82 Å². The fourth-order valence-corrected chi connectivity index (χ4v) is 1.36. The van der Waals surface area contributed by atoms with Gasteiger partial charge in [0.2, 0.25) is 0 Å². The Morgan fingerprint density at radius 2 is 2.27 bits per heavy atom. The van der Waals surface area contributed by atoms with Crippen molar-refractivity contribution in [1.29, 1.82) is 0 Å². The lowest BCUT2D eigenvalue weighted by atomic mass is 10.3. The molecule has 0 aliphatic carbocycles. The maximum Gasteiger partial charge on any atom is 0.144 e. The normalized spacial score (nSPS) is 10.2. The molecule has 2 rings (SSSR count). The van der Waals surface area contributed by atoms with Crippen molar-refractivity contribution in [3.05, 3.63) is 36.5 Å². The standard InChI is InChI=1S/C10H13N5/c1-15-9(3-5-14-15)2-4-12-10-8-11-6-7-13-10/h3,5-8H,2,4H2,1H3,(H,12,13). The lowest BCUT2D eigenvalue weighted by Crippen LogP contribution is -2.09. The van der Waals surface area contributed by atoms with Crippen molar-refractivity contribution in [2.24, 2.45) is 7.05 Å². The molecule has 0 aliphatic rings. The van der Waals surface area contributed by atoms with Crippen LogP contribution in [0.1, 0.15) is 5.69 Å². The van der Waals surface area contributed by atoms with Gasteiger partial charge in [-0.2, -0.15) is 5.10 Å². The number of rotatable bonds is 4.